The van der Waals surface area contributed by atoms with E-state index in [2.05, 4.69) is 21.5 Å². The first-order valence-corrected chi connectivity index (χ1v) is 8.00. The lowest BCUT2D eigenvalue weighted by atomic mass is 10.1. The Bertz CT molecular complexity index is 582. The molecule has 7 nitrogen and oxygen atoms in total. The van der Waals surface area contributed by atoms with E-state index < -0.39 is 5.91 Å². The molecule has 1 aromatic carbocycles. The molecular formula is C16H24N4O3S. The van der Waals surface area contributed by atoms with Crippen molar-refractivity contribution in [3.8, 4) is 5.75 Å². The monoisotopic (exact) mass is 352 g/mol. The second-order valence-corrected chi connectivity index (χ2v) is 6.43. The third-order valence-corrected chi connectivity index (χ3v) is 2.85. The summed E-state index contributed by atoms with van der Waals surface area (Å²) in [5.41, 5.74) is 5.22. The summed E-state index contributed by atoms with van der Waals surface area (Å²) in [4.78, 5) is 23.6. The highest BCUT2D eigenvalue weighted by Gasteiger charge is 2.12. The van der Waals surface area contributed by atoms with Crippen LogP contribution >= 0.6 is 12.2 Å². The topological polar surface area (TPSA) is 91.5 Å². The van der Waals surface area contributed by atoms with Gasteiger partial charge in [-0.15, -0.1) is 0 Å². The van der Waals surface area contributed by atoms with Gasteiger partial charge in [0, 0.05) is 11.1 Å². The number of rotatable bonds is 5. The van der Waals surface area contributed by atoms with Crippen molar-refractivity contribution >= 4 is 29.1 Å². The van der Waals surface area contributed by atoms with E-state index in [0.717, 1.165) is 0 Å². The molecule has 0 bridgehead atoms. The van der Waals surface area contributed by atoms with Gasteiger partial charge in [0.15, 0.2) is 5.11 Å². The smallest absolute Gasteiger partial charge is 0.257 e. The molecule has 0 aromatic heterocycles. The highest BCUT2D eigenvalue weighted by atomic mass is 32.1. The van der Waals surface area contributed by atoms with Gasteiger partial charge in [-0.3, -0.25) is 20.4 Å². The van der Waals surface area contributed by atoms with Crippen LogP contribution in [0, 0.1) is 0 Å². The molecule has 0 atom stereocenters. The molecular weight excluding hydrogens is 328 g/mol. The molecule has 0 aliphatic rings. The molecule has 0 unspecified atom stereocenters. The summed E-state index contributed by atoms with van der Waals surface area (Å²) < 4.78 is 5.31. The Morgan fingerprint density at radius 2 is 1.75 bits per heavy atom. The molecule has 0 aliphatic carbocycles. The Balaban J connectivity index is 2.35. The van der Waals surface area contributed by atoms with Crippen molar-refractivity contribution in [3.63, 3.8) is 0 Å². The number of benzene rings is 1. The minimum Gasteiger partial charge on any atom is -0.494 e. The van der Waals surface area contributed by atoms with E-state index >= 15 is 0 Å². The average molecular weight is 352 g/mol. The second-order valence-electron chi connectivity index (χ2n) is 6.02. The Morgan fingerprint density at radius 1 is 1.12 bits per heavy atom. The lowest BCUT2D eigenvalue weighted by Gasteiger charge is -2.23. The van der Waals surface area contributed by atoms with Gasteiger partial charge in [0.1, 0.15) is 5.75 Å². The van der Waals surface area contributed by atoms with Crippen LogP contribution in [0.15, 0.2) is 24.3 Å². The van der Waals surface area contributed by atoms with Crippen LogP contribution in [0.2, 0.25) is 0 Å². The SMILES string of the molecule is CCOc1ccc(C(=O)NCC(=O)NNC(=S)NC(C)(C)C)cc1. The largest absolute Gasteiger partial charge is 0.494 e. The molecule has 1 aromatic rings. The van der Waals surface area contributed by atoms with Crippen LogP contribution in [0.4, 0.5) is 0 Å². The van der Waals surface area contributed by atoms with Crippen LogP contribution in [-0.4, -0.2) is 35.6 Å². The van der Waals surface area contributed by atoms with Gasteiger partial charge in [-0.1, -0.05) is 0 Å². The molecule has 0 saturated carbocycles. The Hall–Kier alpha value is -2.35. The number of hydrogen-bond acceptors (Lipinski definition) is 4. The summed E-state index contributed by atoms with van der Waals surface area (Å²) in [7, 11) is 0. The van der Waals surface area contributed by atoms with Gasteiger partial charge in [0.25, 0.3) is 11.8 Å². The van der Waals surface area contributed by atoms with Crippen LogP contribution in [-0.2, 0) is 4.79 Å². The number of amides is 2. The highest BCUT2D eigenvalue weighted by Crippen LogP contribution is 2.11. The van der Waals surface area contributed by atoms with E-state index in [0.29, 0.717) is 23.0 Å². The summed E-state index contributed by atoms with van der Waals surface area (Å²) in [6, 6.07) is 6.69. The van der Waals surface area contributed by atoms with Gasteiger partial charge in [0.05, 0.1) is 13.2 Å². The standard InChI is InChI=1S/C16H24N4O3S/c1-5-23-12-8-6-11(7-9-12)14(22)17-10-13(21)19-20-15(24)18-16(2,3)4/h6-9H,5,10H2,1-4H3,(H,17,22)(H,19,21)(H2,18,20,24). The van der Waals surface area contributed by atoms with Crippen molar-refractivity contribution in [1.29, 1.82) is 0 Å². The van der Waals surface area contributed by atoms with Crippen molar-refractivity contribution in [2.24, 2.45) is 0 Å². The molecule has 4 N–H and O–H groups in total. The fourth-order valence-corrected chi connectivity index (χ4v) is 2.03. The normalized spacial score (nSPS) is 10.5. The van der Waals surface area contributed by atoms with E-state index in [-0.39, 0.29) is 18.0 Å². The molecule has 0 spiro atoms. The Kier molecular flexibility index (Phi) is 7.44. The first-order chi connectivity index (χ1) is 11.2. The lowest BCUT2D eigenvalue weighted by Crippen LogP contribution is -2.53. The van der Waals surface area contributed by atoms with Crippen LogP contribution in [0.5, 0.6) is 5.75 Å². The van der Waals surface area contributed by atoms with Crippen LogP contribution < -0.4 is 26.2 Å². The molecule has 0 radical (unpaired) electrons. The third kappa shape index (κ3) is 7.77. The van der Waals surface area contributed by atoms with Crippen LogP contribution in [0.1, 0.15) is 38.1 Å². The zero-order valence-electron chi connectivity index (χ0n) is 14.4. The predicted molar refractivity (Wildman–Crippen MR) is 96.7 cm³/mol. The zero-order chi connectivity index (χ0) is 18.2. The lowest BCUT2D eigenvalue weighted by molar-refractivity contribution is -0.120. The highest BCUT2D eigenvalue weighted by molar-refractivity contribution is 7.80. The maximum Gasteiger partial charge on any atom is 0.257 e. The minimum absolute atomic E-state index is 0.169. The number of nitrogens with one attached hydrogen (secondary N) is 4. The molecule has 24 heavy (non-hydrogen) atoms. The van der Waals surface area contributed by atoms with Gasteiger partial charge < -0.3 is 15.4 Å². The fraction of sp³-hybridized carbons (Fsp3) is 0.438. The van der Waals surface area contributed by atoms with Gasteiger partial charge in [-0.2, -0.15) is 0 Å². The number of carbonyl (C=O) groups is 2. The number of carbonyl (C=O) groups excluding carboxylic acids is 2. The van der Waals surface area contributed by atoms with E-state index in [1.165, 1.54) is 0 Å². The molecule has 0 heterocycles. The third-order valence-electron chi connectivity index (χ3n) is 2.64. The van der Waals surface area contributed by atoms with E-state index in [9.17, 15) is 9.59 Å². The van der Waals surface area contributed by atoms with E-state index in [1.54, 1.807) is 24.3 Å². The first kappa shape index (κ1) is 19.7. The molecule has 8 heteroatoms. The molecule has 0 saturated heterocycles. The van der Waals surface area contributed by atoms with Gasteiger partial charge in [0.2, 0.25) is 0 Å². The van der Waals surface area contributed by atoms with Crippen LogP contribution in [0.3, 0.4) is 0 Å². The second kappa shape index (κ2) is 9.07. The van der Waals surface area contributed by atoms with E-state index in [4.69, 9.17) is 17.0 Å². The van der Waals surface area contributed by atoms with Gasteiger partial charge >= 0.3 is 0 Å². The van der Waals surface area contributed by atoms with E-state index in [1.807, 2.05) is 27.7 Å². The zero-order valence-corrected chi connectivity index (χ0v) is 15.2. The van der Waals surface area contributed by atoms with Crippen molar-refractivity contribution in [1.82, 2.24) is 21.5 Å². The minimum atomic E-state index is -0.410. The average Bonchev–Trinajstić information content (AvgIpc) is 2.50. The fourth-order valence-electron chi connectivity index (χ4n) is 1.67. The molecule has 132 valence electrons. The summed E-state index contributed by atoms with van der Waals surface area (Å²) >= 11 is 5.03. The van der Waals surface area contributed by atoms with Gasteiger partial charge in [-0.05, 0) is 64.2 Å². The number of thiocarbonyl (C=S) groups is 1. The maximum absolute atomic E-state index is 12.0. The quantitative estimate of drug-likeness (QED) is 0.469. The first-order valence-electron chi connectivity index (χ1n) is 7.59. The van der Waals surface area contributed by atoms with Crippen molar-refractivity contribution in [2.75, 3.05) is 13.2 Å². The Labute approximate surface area is 147 Å². The number of ether oxygens (including phenoxy) is 1. The van der Waals surface area contributed by atoms with Crippen molar-refractivity contribution in [2.45, 2.75) is 33.2 Å². The number of hydrogen-bond donors (Lipinski definition) is 4. The summed E-state index contributed by atoms with van der Waals surface area (Å²) in [6.07, 6.45) is 0. The summed E-state index contributed by atoms with van der Waals surface area (Å²) in [5, 5.41) is 5.81. The predicted octanol–water partition coefficient (Wildman–Crippen LogP) is 1.11. The molecule has 0 fully saturated rings. The summed E-state index contributed by atoms with van der Waals surface area (Å²) in [5.74, 6) is -0.0632. The van der Waals surface area contributed by atoms with Crippen molar-refractivity contribution < 1.29 is 14.3 Å². The van der Waals surface area contributed by atoms with Crippen molar-refractivity contribution in [3.05, 3.63) is 29.8 Å². The van der Waals surface area contributed by atoms with Gasteiger partial charge in [-0.25, -0.2) is 0 Å². The molecule has 1 rings (SSSR count). The molecule has 0 aliphatic heterocycles. The maximum atomic E-state index is 12.0. The summed E-state index contributed by atoms with van der Waals surface area (Å²) in [6.45, 7) is 8.11. The number of hydrazine groups is 1. The van der Waals surface area contributed by atoms with Crippen LogP contribution in [0.25, 0.3) is 0 Å². The molecule has 2 amide bonds. The Morgan fingerprint density at radius 3 is 2.29 bits per heavy atom.